The molecule has 1 aliphatic carbocycles. The maximum absolute atomic E-state index is 13.0. The van der Waals surface area contributed by atoms with Crippen molar-refractivity contribution in [1.82, 2.24) is 9.62 Å². The Labute approximate surface area is 155 Å². The summed E-state index contributed by atoms with van der Waals surface area (Å²) in [7, 11) is -3.58. The summed E-state index contributed by atoms with van der Waals surface area (Å²) in [6.07, 6.45) is 4.13. The first kappa shape index (κ1) is 19.3. The van der Waals surface area contributed by atoms with Gasteiger partial charge in [-0.1, -0.05) is 18.2 Å². The maximum atomic E-state index is 13.0. The molecule has 6 nitrogen and oxygen atoms in total. The monoisotopic (exact) mass is 380 g/mol. The third-order valence-corrected chi connectivity index (χ3v) is 7.53. The van der Waals surface area contributed by atoms with Gasteiger partial charge in [0.2, 0.25) is 15.9 Å². The summed E-state index contributed by atoms with van der Waals surface area (Å²) in [5.41, 5.74) is 0.722. The van der Waals surface area contributed by atoms with E-state index in [4.69, 9.17) is 0 Å². The summed E-state index contributed by atoms with van der Waals surface area (Å²) in [6, 6.07) is 7.06. The predicted octanol–water partition coefficient (Wildman–Crippen LogP) is 1.82. The van der Waals surface area contributed by atoms with Crippen LogP contribution in [0.3, 0.4) is 0 Å². The minimum Gasteiger partial charge on any atom is -0.393 e. The lowest BCUT2D eigenvalue weighted by atomic mass is 9.92. The predicted molar refractivity (Wildman–Crippen MR) is 99.1 cm³/mol. The van der Waals surface area contributed by atoms with Crippen LogP contribution in [0.25, 0.3) is 0 Å². The topological polar surface area (TPSA) is 86.7 Å². The number of aliphatic hydroxyl groups excluding tert-OH is 1. The molecule has 0 aromatic heterocycles. The van der Waals surface area contributed by atoms with E-state index in [2.05, 4.69) is 5.32 Å². The molecular formula is C19H28N2O4S. The molecule has 1 aromatic carbocycles. The lowest BCUT2D eigenvalue weighted by molar-refractivity contribution is -0.127. The van der Waals surface area contributed by atoms with Gasteiger partial charge >= 0.3 is 0 Å². The fourth-order valence-corrected chi connectivity index (χ4v) is 5.65. The molecule has 1 saturated heterocycles. The number of hydrogen-bond acceptors (Lipinski definition) is 4. The lowest BCUT2D eigenvalue weighted by Gasteiger charge is -2.33. The van der Waals surface area contributed by atoms with Crippen LogP contribution in [0, 0.1) is 12.8 Å². The molecule has 2 fully saturated rings. The molecule has 1 amide bonds. The van der Waals surface area contributed by atoms with E-state index >= 15 is 0 Å². The van der Waals surface area contributed by atoms with Gasteiger partial charge in [-0.15, -0.1) is 0 Å². The molecule has 0 bridgehead atoms. The smallest absolute Gasteiger partial charge is 0.243 e. The summed E-state index contributed by atoms with van der Waals surface area (Å²) in [6.45, 7) is 2.48. The molecule has 2 aliphatic rings. The van der Waals surface area contributed by atoms with E-state index < -0.39 is 10.0 Å². The molecule has 1 aliphatic heterocycles. The summed E-state index contributed by atoms with van der Waals surface area (Å²) < 4.78 is 27.4. The highest BCUT2D eigenvalue weighted by molar-refractivity contribution is 7.89. The Morgan fingerprint density at radius 1 is 1.15 bits per heavy atom. The summed E-state index contributed by atoms with van der Waals surface area (Å²) >= 11 is 0. The first-order chi connectivity index (χ1) is 12.4. The van der Waals surface area contributed by atoms with Gasteiger partial charge in [0.15, 0.2) is 0 Å². The number of carbonyl (C=O) groups is 1. The third kappa shape index (κ3) is 4.27. The number of aliphatic hydroxyl groups is 1. The second kappa shape index (κ2) is 8.06. The van der Waals surface area contributed by atoms with Crippen molar-refractivity contribution in [2.45, 2.75) is 62.5 Å². The number of nitrogens with zero attached hydrogens (tertiary/aromatic N) is 1. The van der Waals surface area contributed by atoms with E-state index in [0.29, 0.717) is 37.1 Å². The molecule has 26 heavy (non-hydrogen) atoms. The van der Waals surface area contributed by atoms with E-state index in [1.807, 2.05) is 6.07 Å². The number of benzene rings is 1. The van der Waals surface area contributed by atoms with E-state index in [-0.39, 0.29) is 30.5 Å². The molecule has 3 rings (SSSR count). The highest BCUT2D eigenvalue weighted by atomic mass is 32.2. The second-order valence-corrected chi connectivity index (χ2v) is 9.39. The van der Waals surface area contributed by atoms with Gasteiger partial charge in [0, 0.05) is 19.1 Å². The fourth-order valence-electron chi connectivity index (χ4n) is 3.90. The molecule has 144 valence electrons. The number of rotatable bonds is 4. The number of amides is 1. The van der Waals surface area contributed by atoms with Crippen molar-refractivity contribution in [3.63, 3.8) is 0 Å². The molecule has 0 radical (unpaired) electrons. The largest absolute Gasteiger partial charge is 0.393 e. The summed E-state index contributed by atoms with van der Waals surface area (Å²) in [5.74, 6) is -0.370. The highest BCUT2D eigenvalue weighted by Gasteiger charge is 2.34. The zero-order chi connectivity index (χ0) is 18.7. The van der Waals surface area contributed by atoms with Gasteiger partial charge < -0.3 is 10.4 Å². The van der Waals surface area contributed by atoms with Crippen LogP contribution in [0.4, 0.5) is 0 Å². The third-order valence-electron chi connectivity index (χ3n) is 5.51. The van der Waals surface area contributed by atoms with Crippen molar-refractivity contribution >= 4 is 15.9 Å². The van der Waals surface area contributed by atoms with Crippen molar-refractivity contribution in [2.24, 2.45) is 5.92 Å². The molecule has 1 saturated carbocycles. The van der Waals surface area contributed by atoms with Crippen molar-refractivity contribution in [3.05, 3.63) is 29.8 Å². The van der Waals surface area contributed by atoms with Crippen molar-refractivity contribution < 1.29 is 18.3 Å². The zero-order valence-electron chi connectivity index (χ0n) is 15.2. The van der Waals surface area contributed by atoms with Crippen LogP contribution in [0.15, 0.2) is 29.2 Å². The number of hydrogen-bond donors (Lipinski definition) is 2. The van der Waals surface area contributed by atoms with E-state index in [1.165, 1.54) is 4.31 Å². The first-order valence-electron chi connectivity index (χ1n) is 9.42. The van der Waals surface area contributed by atoms with Crippen molar-refractivity contribution in [3.8, 4) is 0 Å². The molecule has 1 heterocycles. The minimum absolute atomic E-state index is 0.0592. The average molecular weight is 381 g/mol. The van der Waals surface area contributed by atoms with Gasteiger partial charge in [0.25, 0.3) is 0 Å². The first-order valence-corrected chi connectivity index (χ1v) is 10.9. The molecule has 7 heteroatoms. The zero-order valence-corrected chi connectivity index (χ0v) is 16.0. The highest BCUT2D eigenvalue weighted by Crippen LogP contribution is 2.26. The van der Waals surface area contributed by atoms with Crippen LogP contribution >= 0.6 is 0 Å². The maximum Gasteiger partial charge on any atom is 0.243 e. The van der Waals surface area contributed by atoms with Gasteiger partial charge in [-0.25, -0.2) is 8.42 Å². The van der Waals surface area contributed by atoms with Crippen molar-refractivity contribution in [2.75, 3.05) is 13.1 Å². The van der Waals surface area contributed by atoms with Crippen LogP contribution in [-0.2, 0) is 14.8 Å². The molecule has 2 N–H and O–H groups in total. The quantitative estimate of drug-likeness (QED) is 0.834. The second-order valence-electron chi connectivity index (χ2n) is 7.48. The Balaban J connectivity index is 1.65. The molecule has 1 aromatic rings. The summed E-state index contributed by atoms with van der Waals surface area (Å²) in [4.78, 5) is 13.0. The molecule has 0 unspecified atom stereocenters. The number of carbonyl (C=O) groups excluding carboxylic acids is 1. The van der Waals surface area contributed by atoms with Gasteiger partial charge in [-0.3, -0.25) is 4.79 Å². The number of aryl methyl sites for hydroxylation is 1. The van der Waals surface area contributed by atoms with Gasteiger partial charge in [0.05, 0.1) is 16.9 Å². The Kier molecular flexibility index (Phi) is 5.99. The molecular weight excluding hydrogens is 352 g/mol. The average Bonchev–Trinajstić information content (AvgIpc) is 2.64. The van der Waals surface area contributed by atoms with Crippen LogP contribution in [0.1, 0.15) is 44.1 Å². The number of sulfonamides is 1. The van der Waals surface area contributed by atoms with Gasteiger partial charge in [-0.2, -0.15) is 4.31 Å². The Morgan fingerprint density at radius 2 is 1.85 bits per heavy atom. The summed E-state index contributed by atoms with van der Waals surface area (Å²) in [5, 5.41) is 12.6. The Hall–Kier alpha value is -1.44. The fraction of sp³-hybridized carbons (Fsp3) is 0.632. The van der Waals surface area contributed by atoms with Crippen LogP contribution in [-0.4, -0.2) is 49.0 Å². The van der Waals surface area contributed by atoms with Crippen molar-refractivity contribution in [1.29, 1.82) is 0 Å². The molecule has 1 atom stereocenters. The Bertz CT molecular complexity index is 742. The Morgan fingerprint density at radius 3 is 2.54 bits per heavy atom. The normalized spacial score (nSPS) is 27.8. The lowest BCUT2D eigenvalue weighted by Crippen LogP contribution is -2.48. The number of nitrogens with one attached hydrogen (secondary N) is 1. The van der Waals surface area contributed by atoms with E-state index in [1.54, 1.807) is 25.1 Å². The minimum atomic E-state index is -3.58. The van der Waals surface area contributed by atoms with Crippen LogP contribution in [0.5, 0.6) is 0 Å². The standard InChI is InChI=1S/C19H28N2O4S/c1-14-5-2-3-7-18(14)26(24,25)21-12-4-6-15(13-21)19(23)20-16-8-10-17(22)11-9-16/h2-3,5,7,15-17,22H,4,6,8-13H2,1H3,(H,20,23)/t15-,16?,17?/m0/s1. The van der Waals surface area contributed by atoms with Crippen LogP contribution < -0.4 is 5.32 Å². The SMILES string of the molecule is Cc1ccccc1S(=O)(=O)N1CCC[C@H](C(=O)NC2CCC(O)CC2)C1. The number of piperidine rings is 1. The van der Waals surface area contributed by atoms with Crippen LogP contribution in [0.2, 0.25) is 0 Å². The van der Waals surface area contributed by atoms with Gasteiger partial charge in [-0.05, 0) is 57.1 Å². The molecule has 0 spiro atoms. The van der Waals surface area contributed by atoms with E-state index in [9.17, 15) is 18.3 Å². The van der Waals surface area contributed by atoms with E-state index in [0.717, 1.165) is 18.4 Å². The van der Waals surface area contributed by atoms with Gasteiger partial charge in [0.1, 0.15) is 0 Å².